The second kappa shape index (κ2) is 6.52. The molecule has 1 fully saturated rings. The van der Waals surface area contributed by atoms with Crippen molar-refractivity contribution in [2.24, 2.45) is 5.73 Å². The number of sulfonamides is 1. The summed E-state index contributed by atoms with van der Waals surface area (Å²) in [6, 6.07) is 5.86. The third-order valence-corrected chi connectivity index (χ3v) is 5.23. The molecule has 0 aliphatic carbocycles. The lowest BCUT2D eigenvalue weighted by atomic mass is 10.2. The number of hydrogen-bond acceptors (Lipinski definition) is 5. The number of carbonyl (C=O) groups excluding carboxylic acids is 1. The van der Waals surface area contributed by atoms with E-state index in [1.807, 2.05) is 0 Å². The molecule has 1 aliphatic heterocycles. The van der Waals surface area contributed by atoms with Gasteiger partial charge in [0, 0.05) is 32.2 Å². The molecule has 2 rings (SSSR count). The molecule has 0 aromatic heterocycles. The molecule has 0 bridgehead atoms. The molecule has 1 unspecified atom stereocenters. The van der Waals surface area contributed by atoms with Gasteiger partial charge in [0.15, 0.2) is 0 Å². The van der Waals surface area contributed by atoms with Gasteiger partial charge in [0.1, 0.15) is 0 Å². The van der Waals surface area contributed by atoms with E-state index >= 15 is 0 Å². The number of nitrogens with two attached hydrogens (primary N) is 1. The third kappa shape index (κ3) is 3.41. The van der Waals surface area contributed by atoms with Crippen LogP contribution in [0.25, 0.3) is 0 Å². The number of rotatable bonds is 4. The fourth-order valence-corrected chi connectivity index (χ4v) is 3.58. The van der Waals surface area contributed by atoms with Gasteiger partial charge in [-0.25, -0.2) is 8.42 Å². The third-order valence-electron chi connectivity index (χ3n) is 3.35. The predicted molar refractivity (Wildman–Crippen MR) is 77.4 cm³/mol. The maximum Gasteiger partial charge on any atom is 0.251 e. The highest BCUT2D eigenvalue weighted by atomic mass is 32.2. The minimum atomic E-state index is -3.59. The minimum Gasteiger partial charge on any atom is -0.374 e. The van der Waals surface area contributed by atoms with Gasteiger partial charge in [0.05, 0.1) is 17.6 Å². The highest BCUT2D eigenvalue weighted by Gasteiger charge is 2.30. The number of nitrogens with one attached hydrogen (secondary N) is 1. The van der Waals surface area contributed by atoms with Gasteiger partial charge in [-0.15, -0.1) is 0 Å². The number of benzene rings is 1. The van der Waals surface area contributed by atoms with Crippen LogP contribution in [0.15, 0.2) is 29.2 Å². The van der Waals surface area contributed by atoms with Gasteiger partial charge in [-0.3, -0.25) is 4.79 Å². The average molecular weight is 313 g/mol. The van der Waals surface area contributed by atoms with Gasteiger partial charge in [0.2, 0.25) is 10.0 Å². The van der Waals surface area contributed by atoms with Crippen molar-refractivity contribution < 1.29 is 17.9 Å². The quantitative estimate of drug-likeness (QED) is 0.772. The Balaban J connectivity index is 2.21. The zero-order valence-corrected chi connectivity index (χ0v) is 12.6. The standard InChI is InChI=1S/C13H19N3O4S/c1-15-13(17)10-2-4-12(5-3-10)21(18,19)16-6-7-20-11(8-14)9-16/h2-5,11H,6-9,14H2,1H3,(H,15,17). The molecule has 7 nitrogen and oxygen atoms in total. The van der Waals surface area contributed by atoms with Gasteiger partial charge in [-0.05, 0) is 24.3 Å². The summed E-state index contributed by atoms with van der Waals surface area (Å²) >= 11 is 0. The lowest BCUT2D eigenvalue weighted by molar-refractivity contribution is 0.00450. The van der Waals surface area contributed by atoms with E-state index in [0.29, 0.717) is 18.7 Å². The monoisotopic (exact) mass is 313 g/mol. The molecule has 1 atom stereocenters. The first-order valence-electron chi connectivity index (χ1n) is 6.63. The fraction of sp³-hybridized carbons (Fsp3) is 0.462. The Hall–Kier alpha value is -1.48. The van der Waals surface area contributed by atoms with Crippen LogP contribution in [0.2, 0.25) is 0 Å². The van der Waals surface area contributed by atoms with Crippen LogP contribution in [0.1, 0.15) is 10.4 Å². The van der Waals surface area contributed by atoms with Crippen molar-refractivity contribution in [2.45, 2.75) is 11.0 Å². The summed E-state index contributed by atoms with van der Waals surface area (Å²) in [7, 11) is -2.07. The van der Waals surface area contributed by atoms with E-state index in [2.05, 4.69) is 5.32 Å². The van der Waals surface area contributed by atoms with E-state index in [9.17, 15) is 13.2 Å². The summed E-state index contributed by atoms with van der Waals surface area (Å²) in [4.78, 5) is 11.6. The average Bonchev–Trinajstić information content (AvgIpc) is 2.54. The number of ether oxygens (including phenoxy) is 1. The Morgan fingerprint density at radius 2 is 2.10 bits per heavy atom. The van der Waals surface area contributed by atoms with E-state index in [1.54, 1.807) is 0 Å². The van der Waals surface area contributed by atoms with Crippen molar-refractivity contribution in [3.8, 4) is 0 Å². The largest absolute Gasteiger partial charge is 0.374 e. The van der Waals surface area contributed by atoms with Crippen LogP contribution in [-0.2, 0) is 14.8 Å². The highest BCUT2D eigenvalue weighted by molar-refractivity contribution is 7.89. The zero-order valence-electron chi connectivity index (χ0n) is 11.8. The van der Waals surface area contributed by atoms with Gasteiger partial charge in [0.25, 0.3) is 5.91 Å². The SMILES string of the molecule is CNC(=O)c1ccc(S(=O)(=O)N2CCOC(CN)C2)cc1. The summed E-state index contributed by atoms with van der Waals surface area (Å²) in [5.74, 6) is -0.256. The summed E-state index contributed by atoms with van der Waals surface area (Å²) in [5, 5.41) is 2.49. The number of morpholine rings is 1. The van der Waals surface area contributed by atoms with Crippen molar-refractivity contribution in [2.75, 3.05) is 33.3 Å². The molecular formula is C13H19N3O4S. The number of carbonyl (C=O) groups is 1. The summed E-state index contributed by atoms with van der Waals surface area (Å²) in [5.41, 5.74) is 5.94. The first kappa shape index (κ1) is 15.9. The highest BCUT2D eigenvalue weighted by Crippen LogP contribution is 2.19. The Morgan fingerprint density at radius 1 is 1.43 bits per heavy atom. The molecule has 0 spiro atoms. The second-order valence-electron chi connectivity index (χ2n) is 4.70. The summed E-state index contributed by atoms with van der Waals surface area (Å²) < 4.78 is 31.8. The van der Waals surface area contributed by atoms with E-state index in [0.717, 1.165) is 0 Å². The van der Waals surface area contributed by atoms with Crippen molar-refractivity contribution >= 4 is 15.9 Å². The maximum atomic E-state index is 12.5. The molecule has 3 N–H and O–H groups in total. The van der Waals surface area contributed by atoms with E-state index in [1.165, 1.54) is 35.6 Å². The number of amides is 1. The normalized spacial score (nSPS) is 20.2. The van der Waals surface area contributed by atoms with Crippen LogP contribution < -0.4 is 11.1 Å². The molecule has 1 saturated heterocycles. The fourth-order valence-electron chi connectivity index (χ4n) is 2.12. The Bertz CT molecular complexity index is 600. The molecular weight excluding hydrogens is 294 g/mol. The van der Waals surface area contributed by atoms with Crippen LogP contribution in [0.4, 0.5) is 0 Å². The number of nitrogens with zero attached hydrogens (tertiary/aromatic N) is 1. The van der Waals surface area contributed by atoms with Gasteiger partial charge >= 0.3 is 0 Å². The molecule has 21 heavy (non-hydrogen) atoms. The smallest absolute Gasteiger partial charge is 0.251 e. The molecule has 0 radical (unpaired) electrons. The van der Waals surface area contributed by atoms with Crippen LogP contribution >= 0.6 is 0 Å². The lowest BCUT2D eigenvalue weighted by Gasteiger charge is -2.31. The van der Waals surface area contributed by atoms with Crippen LogP contribution in [0.3, 0.4) is 0 Å². The molecule has 1 aromatic rings. The van der Waals surface area contributed by atoms with Crippen LogP contribution in [-0.4, -0.2) is 58.0 Å². The summed E-state index contributed by atoms with van der Waals surface area (Å²) in [6.45, 7) is 1.16. The maximum absolute atomic E-state index is 12.5. The molecule has 8 heteroatoms. The first-order chi connectivity index (χ1) is 9.98. The Kier molecular flexibility index (Phi) is 4.94. The topological polar surface area (TPSA) is 102 Å². The number of hydrogen-bond donors (Lipinski definition) is 2. The van der Waals surface area contributed by atoms with Crippen molar-refractivity contribution in [3.63, 3.8) is 0 Å². The van der Waals surface area contributed by atoms with Crippen molar-refractivity contribution in [1.29, 1.82) is 0 Å². The van der Waals surface area contributed by atoms with Gasteiger partial charge in [-0.2, -0.15) is 4.31 Å². The zero-order chi connectivity index (χ0) is 15.5. The molecule has 1 aliphatic rings. The molecule has 1 heterocycles. The van der Waals surface area contributed by atoms with Crippen LogP contribution in [0.5, 0.6) is 0 Å². The molecule has 0 saturated carbocycles. The van der Waals surface area contributed by atoms with Crippen LogP contribution in [0, 0.1) is 0 Å². The molecule has 1 aromatic carbocycles. The van der Waals surface area contributed by atoms with Crippen molar-refractivity contribution in [1.82, 2.24) is 9.62 Å². The lowest BCUT2D eigenvalue weighted by Crippen LogP contribution is -2.48. The first-order valence-corrected chi connectivity index (χ1v) is 8.07. The Labute approximate surface area is 124 Å². The minimum absolute atomic E-state index is 0.160. The Morgan fingerprint density at radius 3 is 2.67 bits per heavy atom. The van der Waals surface area contributed by atoms with Gasteiger partial charge in [-0.1, -0.05) is 0 Å². The second-order valence-corrected chi connectivity index (χ2v) is 6.63. The van der Waals surface area contributed by atoms with Crippen molar-refractivity contribution in [3.05, 3.63) is 29.8 Å². The predicted octanol–water partition coefficient (Wildman–Crippen LogP) is -0.606. The molecule has 1 amide bonds. The summed E-state index contributed by atoms with van der Waals surface area (Å²) in [6.07, 6.45) is -0.279. The van der Waals surface area contributed by atoms with E-state index in [-0.39, 0.29) is 30.0 Å². The van der Waals surface area contributed by atoms with Gasteiger partial charge < -0.3 is 15.8 Å². The van der Waals surface area contributed by atoms with E-state index < -0.39 is 10.0 Å². The van der Waals surface area contributed by atoms with E-state index in [4.69, 9.17) is 10.5 Å². The molecule has 116 valence electrons.